The number of aliphatic hydroxyl groups excluding tert-OH is 1. The summed E-state index contributed by atoms with van der Waals surface area (Å²) in [6.07, 6.45) is 0. The molecule has 2 heterocycles. The molecule has 1 N–H and O–H groups in total. The van der Waals surface area contributed by atoms with Crippen molar-refractivity contribution in [2.45, 2.75) is 19.6 Å². The molecule has 0 spiro atoms. The number of thiazole rings is 1. The van der Waals surface area contributed by atoms with Gasteiger partial charge in [0, 0.05) is 5.56 Å². The summed E-state index contributed by atoms with van der Waals surface area (Å²) in [7, 11) is 1.55. The highest BCUT2D eigenvalue weighted by Crippen LogP contribution is 2.44. The van der Waals surface area contributed by atoms with Crippen molar-refractivity contribution < 1.29 is 24.2 Å². The average Bonchev–Trinajstić information content (AvgIpc) is 3.53. The van der Waals surface area contributed by atoms with E-state index in [2.05, 4.69) is 0 Å². The topological polar surface area (TPSA) is 89.0 Å². The number of fused-ring (bicyclic) bond motifs is 1. The van der Waals surface area contributed by atoms with E-state index in [0.29, 0.717) is 34.4 Å². The molecule has 8 heteroatoms. The maximum atomic E-state index is 13.6. The van der Waals surface area contributed by atoms with Gasteiger partial charge in [-0.1, -0.05) is 59.9 Å². The van der Waals surface area contributed by atoms with Crippen LogP contribution in [0.25, 0.3) is 16.0 Å². The van der Waals surface area contributed by atoms with Crippen LogP contribution in [0.5, 0.6) is 11.5 Å². The lowest BCUT2D eigenvalue weighted by molar-refractivity contribution is -0.132. The van der Waals surface area contributed by atoms with Crippen LogP contribution >= 0.6 is 11.3 Å². The molecular weight excluding hydrogens is 536 g/mol. The fourth-order valence-electron chi connectivity index (χ4n) is 4.86. The third-order valence-corrected chi connectivity index (χ3v) is 8.01. The fourth-order valence-corrected chi connectivity index (χ4v) is 5.95. The number of aryl methyl sites for hydroxylation is 1. The first-order valence-corrected chi connectivity index (χ1v) is 13.8. The number of ether oxygens (including phenoxy) is 2. The number of anilines is 1. The second-order valence-corrected chi connectivity index (χ2v) is 10.7. The summed E-state index contributed by atoms with van der Waals surface area (Å²) in [5.74, 6) is -0.539. The monoisotopic (exact) mass is 562 g/mol. The first-order valence-electron chi connectivity index (χ1n) is 13.0. The van der Waals surface area contributed by atoms with Crippen LogP contribution in [0, 0.1) is 6.92 Å². The molecule has 6 rings (SSSR count). The van der Waals surface area contributed by atoms with E-state index in [1.165, 1.54) is 16.2 Å². The lowest BCUT2D eigenvalue weighted by Crippen LogP contribution is -2.29. The number of hydrogen-bond donors (Lipinski definition) is 1. The number of carbonyl (C=O) groups is 2. The van der Waals surface area contributed by atoms with Gasteiger partial charge in [-0.15, -0.1) is 0 Å². The van der Waals surface area contributed by atoms with Gasteiger partial charge in [0.2, 0.25) is 0 Å². The molecule has 5 aromatic rings. The Morgan fingerprint density at radius 3 is 2.34 bits per heavy atom. The number of hydrogen-bond acceptors (Lipinski definition) is 7. The first kappa shape index (κ1) is 26.3. The van der Waals surface area contributed by atoms with Crippen LogP contribution in [-0.2, 0) is 16.2 Å². The number of nitrogens with zero attached hydrogens (tertiary/aromatic N) is 2. The van der Waals surface area contributed by atoms with E-state index >= 15 is 0 Å². The van der Waals surface area contributed by atoms with Gasteiger partial charge in [-0.05, 0) is 72.1 Å². The summed E-state index contributed by atoms with van der Waals surface area (Å²) in [5.41, 5.74) is 3.87. The maximum Gasteiger partial charge on any atom is 0.301 e. The Balaban J connectivity index is 1.42. The Kier molecular flexibility index (Phi) is 6.99. The minimum absolute atomic E-state index is 0.00597. The normalized spacial score (nSPS) is 16.3. The van der Waals surface area contributed by atoms with Gasteiger partial charge >= 0.3 is 5.91 Å². The van der Waals surface area contributed by atoms with Crippen LogP contribution in [0.1, 0.15) is 28.3 Å². The zero-order valence-corrected chi connectivity index (χ0v) is 23.2. The Morgan fingerprint density at radius 2 is 1.63 bits per heavy atom. The second kappa shape index (κ2) is 10.9. The predicted octanol–water partition coefficient (Wildman–Crippen LogP) is 6.82. The minimum Gasteiger partial charge on any atom is -0.507 e. The molecule has 0 saturated carbocycles. The summed E-state index contributed by atoms with van der Waals surface area (Å²) in [6, 6.07) is 28.7. The van der Waals surface area contributed by atoms with Crippen molar-refractivity contribution in [1.29, 1.82) is 0 Å². The van der Waals surface area contributed by atoms with Gasteiger partial charge in [-0.3, -0.25) is 14.5 Å². The van der Waals surface area contributed by atoms with Crippen LogP contribution in [0.15, 0.2) is 103 Å². The molecule has 1 aromatic heterocycles. The van der Waals surface area contributed by atoms with Crippen molar-refractivity contribution in [3.63, 3.8) is 0 Å². The summed E-state index contributed by atoms with van der Waals surface area (Å²) < 4.78 is 12.1. The Morgan fingerprint density at radius 1 is 0.927 bits per heavy atom. The lowest BCUT2D eigenvalue weighted by atomic mass is 9.95. The SMILES string of the molecule is COc1ccc(C(O)=C2C(=O)C(=O)N(c3nc4ccc(C)cc4s3)C2c2ccc(OCc3ccccc3)cc2)cc1. The maximum absolute atomic E-state index is 13.6. The van der Waals surface area contributed by atoms with Crippen molar-refractivity contribution in [3.8, 4) is 11.5 Å². The molecule has 1 unspecified atom stereocenters. The fraction of sp³-hybridized carbons (Fsp3) is 0.121. The molecule has 1 saturated heterocycles. The highest BCUT2D eigenvalue weighted by Gasteiger charge is 2.48. The molecule has 7 nitrogen and oxygen atoms in total. The summed E-state index contributed by atoms with van der Waals surface area (Å²) in [6.45, 7) is 2.39. The molecule has 0 aliphatic carbocycles. The van der Waals surface area contributed by atoms with Crippen molar-refractivity contribution in [2.75, 3.05) is 12.0 Å². The number of methoxy groups -OCH3 is 1. The molecule has 1 aliphatic heterocycles. The third-order valence-electron chi connectivity index (χ3n) is 6.99. The smallest absolute Gasteiger partial charge is 0.301 e. The zero-order valence-electron chi connectivity index (χ0n) is 22.4. The molecule has 1 atom stereocenters. The van der Waals surface area contributed by atoms with Gasteiger partial charge < -0.3 is 14.6 Å². The van der Waals surface area contributed by atoms with Gasteiger partial charge in [0.05, 0.1) is 28.9 Å². The van der Waals surface area contributed by atoms with E-state index in [9.17, 15) is 14.7 Å². The van der Waals surface area contributed by atoms with E-state index in [1.807, 2.05) is 67.6 Å². The van der Waals surface area contributed by atoms with E-state index in [1.54, 1.807) is 43.5 Å². The Labute approximate surface area is 240 Å². The molecule has 0 radical (unpaired) electrons. The van der Waals surface area contributed by atoms with Crippen molar-refractivity contribution in [2.24, 2.45) is 0 Å². The summed E-state index contributed by atoms with van der Waals surface area (Å²) in [5, 5.41) is 11.8. The van der Waals surface area contributed by atoms with Gasteiger partial charge in [0.1, 0.15) is 23.9 Å². The highest BCUT2D eigenvalue weighted by molar-refractivity contribution is 7.22. The van der Waals surface area contributed by atoms with E-state index in [-0.39, 0.29) is 11.3 Å². The molecule has 1 amide bonds. The summed E-state index contributed by atoms with van der Waals surface area (Å²) in [4.78, 5) is 33.2. The Bertz CT molecular complexity index is 1780. The molecule has 41 heavy (non-hydrogen) atoms. The highest BCUT2D eigenvalue weighted by atomic mass is 32.1. The number of ketones is 1. The predicted molar refractivity (Wildman–Crippen MR) is 159 cm³/mol. The van der Waals surface area contributed by atoms with E-state index < -0.39 is 17.7 Å². The standard InChI is InChI=1S/C33H26N2O5S/c1-20-8-17-26-27(18-20)41-33(34-26)35-29(22-9-15-25(16-10-22)40-19-21-6-4-3-5-7-21)28(31(37)32(35)38)30(36)23-11-13-24(39-2)14-12-23/h3-18,29,36H,19H2,1-2H3. The zero-order chi connectivity index (χ0) is 28.5. The van der Waals surface area contributed by atoms with Crippen LogP contribution in [0.3, 0.4) is 0 Å². The average molecular weight is 563 g/mol. The van der Waals surface area contributed by atoms with Gasteiger partial charge in [-0.2, -0.15) is 0 Å². The van der Waals surface area contributed by atoms with Crippen molar-refractivity contribution in [3.05, 3.63) is 125 Å². The number of rotatable bonds is 7. The lowest BCUT2D eigenvalue weighted by Gasteiger charge is -2.23. The molecule has 4 aromatic carbocycles. The number of aromatic nitrogens is 1. The van der Waals surface area contributed by atoms with E-state index in [0.717, 1.165) is 21.3 Å². The van der Waals surface area contributed by atoms with Gasteiger partial charge in [0.15, 0.2) is 5.13 Å². The number of carbonyl (C=O) groups excluding carboxylic acids is 2. The molecular formula is C33H26N2O5S. The second-order valence-electron chi connectivity index (χ2n) is 9.71. The van der Waals surface area contributed by atoms with Crippen LogP contribution in [0.4, 0.5) is 5.13 Å². The van der Waals surface area contributed by atoms with Crippen LogP contribution in [-0.4, -0.2) is 28.9 Å². The molecule has 1 fully saturated rings. The molecule has 0 bridgehead atoms. The van der Waals surface area contributed by atoms with Crippen molar-refractivity contribution in [1.82, 2.24) is 4.98 Å². The Hall–Kier alpha value is -4.95. The quantitative estimate of drug-likeness (QED) is 0.133. The largest absolute Gasteiger partial charge is 0.507 e. The van der Waals surface area contributed by atoms with Crippen molar-refractivity contribution >= 4 is 44.1 Å². The van der Waals surface area contributed by atoms with Crippen LogP contribution in [0.2, 0.25) is 0 Å². The summed E-state index contributed by atoms with van der Waals surface area (Å²) >= 11 is 1.33. The van der Waals surface area contributed by atoms with Gasteiger partial charge in [-0.25, -0.2) is 4.98 Å². The number of amides is 1. The number of aliphatic hydroxyl groups is 1. The molecule has 1 aliphatic rings. The van der Waals surface area contributed by atoms with E-state index in [4.69, 9.17) is 14.5 Å². The first-order chi connectivity index (χ1) is 19.9. The number of benzene rings is 4. The van der Waals surface area contributed by atoms with Crippen LogP contribution < -0.4 is 14.4 Å². The minimum atomic E-state index is -0.887. The molecule has 204 valence electrons. The number of Topliss-reactive ketones (excluding diaryl/α,β-unsaturated/α-hetero) is 1. The third kappa shape index (κ3) is 5.05. The van der Waals surface area contributed by atoms with Gasteiger partial charge in [0.25, 0.3) is 5.78 Å².